The Hall–Kier alpha value is -2.42. The topological polar surface area (TPSA) is 38.9 Å². The van der Waals surface area contributed by atoms with E-state index in [0.717, 1.165) is 28.5 Å². The Kier molecular flexibility index (Phi) is 3.11. The molecule has 1 aromatic heterocycles. The van der Waals surface area contributed by atoms with Crippen molar-refractivity contribution < 1.29 is 4.39 Å². The van der Waals surface area contributed by atoms with Gasteiger partial charge in [-0.15, -0.1) is 0 Å². The minimum Gasteiger partial charge on any atom is -0.383 e. The van der Waals surface area contributed by atoms with Crippen molar-refractivity contribution in [3.8, 4) is 11.1 Å². The number of nitrogens with zero attached hydrogens (tertiary/aromatic N) is 1. The van der Waals surface area contributed by atoms with Gasteiger partial charge in [-0.1, -0.05) is 25.1 Å². The van der Waals surface area contributed by atoms with Crippen molar-refractivity contribution in [2.75, 3.05) is 5.73 Å². The predicted molar refractivity (Wildman–Crippen MR) is 80.9 cm³/mol. The Morgan fingerprint density at radius 2 is 1.80 bits per heavy atom. The lowest BCUT2D eigenvalue weighted by atomic mass is 10.0. The lowest BCUT2D eigenvalue weighted by molar-refractivity contribution is 0.628. The summed E-state index contributed by atoms with van der Waals surface area (Å²) in [5.74, 6) is 0.211. The maximum absolute atomic E-state index is 13.0. The van der Waals surface area contributed by atoms with E-state index in [4.69, 9.17) is 5.73 Å². The van der Waals surface area contributed by atoms with Crippen LogP contribution in [0.4, 0.5) is 10.2 Å². The highest BCUT2D eigenvalue weighted by Gasteiger charge is 2.07. The third-order valence-corrected chi connectivity index (χ3v) is 3.47. The summed E-state index contributed by atoms with van der Waals surface area (Å²) in [7, 11) is 0. The standard InChI is InChI=1S/C17H15FN2/c1-2-11-3-8-16-13(9-11)10-15(17(19)20-16)12-4-6-14(18)7-5-12/h3-10H,2H2,1H3,(H2,19,20). The van der Waals surface area contributed by atoms with Crippen molar-refractivity contribution in [1.29, 1.82) is 0 Å². The molecule has 0 amide bonds. The molecular formula is C17H15FN2. The summed E-state index contributed by atoms with van der Waals surface area (Å²) in [5, 5.41) is 1.05. The number of nitrogen functional groups attached to an aromatic ring is 1. The number of pyridine rings is 1. The molecule has 3 heteroatoms. The van der Waals surface area contributed by atoms with E-state index >= 15 is 0 Å². The number of aromatic nitrogens is 1. The van der Waals surface area contributed by atoms with Crippen molar-refractivity contribution in [3.05, 3.63) is 59.9 Å². The highest BCUT2D eigenvalue weighted by atomic mass is 19.1. The van der Waals surface area contributed by atoms with Gasteiger partial charge in [-0.25, -0.2) is 9.37 Å². The number of aryl methyl sites for hydroxylation is 1. The number of fused-ring (bicyclic) bond motifs is 1. The smallest absolute Gasteiger partial charge is 0.131 e. The van der Waals surface area contributed by atoms with E-state index in [1.54, 1.807) is 12.1 Å². The maximum atomic E-state index is 13.0. The van der Waals surface area contributed by atoms with E-state index in [1.165, 1.54) is 17.7 Å². The summed E-state index contributed by atoms with van der Waals surface area (Å²) in [6, 6.07) is 14.5. The summed E-state index contributed by atoms with van der Waals surface area (Å²) in [6.07, 6.45) is 0.978. The molecule has 0 spiro atoms. The van der Waals surface area contributed by atoms with Crippen LogP contribution in [0.25, 0.3) is 22.0 Å². The quantitative estimate of drug-likeness (QED) is 0.755. The molecule has 3 rings (SSSR count). The molecule has 2 N–H and O–H groups in total. The molecule has 0 bridgehead atoms. The molecule has 20 heavy (non-hydrogen) atoms. The molecule has 0 aliphatic rings. The van der Waals surface area contributed by atoms with Gasteiger partial charge in [0.1, 0.15) is 11.6 Å². The van der Waals surface area contributed by atoms with Crippen LogP contribution in [0.15, 0.2) is 48.5 Å². The molecular weight excluding hydrogens is 251 g/mol. The van der Waals surface area contributed by atoms with Crippen LogP contribution in [0.3, 0.4) is 0 Å². The Morgan fingerprint density at radius 1 is 1.05 bits per heavy atom. The van der Waals surface area contributed by atoms with Gasteiger partial charge >= 0.3 is 0 Å². The lowest BCUT2D eigenvalue weighted by Gasteiger charge is -2.08. The van der Waals surface area contributed by atoms with Crippen molar-refractivity contribution in [3.63, 3.8) is 0 Å². The van der Waals surface area contributed by atoms with Gasteiger partial charge in [-0.3, -0.25) is 0 Å². The SMILES string of the molecule is CCc1ccc2nc(N)c(-c3ccc(F)cc3)cc2c1. The number of halogens is 1. The first-order valence-corrected chi connectivity index (χ1v) is 6.62. The molecule has 0 unspecified atom stereocenters. The third kappa shape index (κ3) is 2.23. The van der Waals surface area contributed by atoms with Gasteiger partial charge in [0, 0.05) is 10.9 Å². The van der Waals surface area contributed by atoms with Crippen molar-refractivity contribution in [2.24, 2.45) is 0 Å². The molecule has 2 aromatic carbocycles. The molecule has 0 saturated carbocycles. The van der Waals surface area contributed by atoms with E-state index in [9.17, 15) is 4.39 Å². The first-order valence-electron chi connectivity index (χ1n) is 6.62. The summed E-state index contributed by atoms with van der Waals surface area (Å²) in [6.45, 7) is 2.12. The van der Waals surface area contributed by atoms with Gasteiger partial charge in [0.2, 0.25) is 0 Å². The van der Waals surface area contributed by atoms with Gasteiger partial charge in [-0.2, -0.15) is 0 Å². The minimum absolute atomic E-state index is 0.255. The van der Waals surface area contributed by atoms with Crippen LogP contribution >= 0.6 is 0 Å². The summed E-state index contributed by atoms with van der Waals surface area (Å²) < 4.78 is 13.0. The second-order valence-corrected chi connectivity index (χ2v) is 4.81. The number of benzene rings is 2. The van der Waals surface area contributed by atoms with Crippen LogP contribution < -0.4 is 5.73 Å². The second kappa shape index (κ2) is 4.93. The van der Waals surface area contributed by atoms with Crippen LogP contribution in [0.5, 0.6) is 0 Å². The van der Waals surface area contributed by atoms with Gasteiger partial charge in [-0.05, 0) is 47.9 Å². The van der Waals surface area contributed by atoms with Crippen LogP contribution in [0.2, 0.25) is 0 Å². The highest BCUT2D eigenvalue weighted by Crippen LogP contribution is 2.28. The fourth-order valence-electron chi connectivity index (χ4n) is 2.32. The zero-order valence-corrected chi connectivity index (χ0v) is 11.2. The van der Waals surface area contributed by atoms with E-state index in [-0.39, 0.29) is 5.82 Å². The second-order valence-electron chi connectivity index (χ2n) is 4.81. The molecule has 0 saturated heterocycles. The van der Waals surface area contributed by atoms with Crippen LogP contribution in [0, 0.1) is 5.82 Å². The third-order valence-electron chi connectivity index (χ3n) is 3.47. The molecule has 1 heterocycles. The average molecular weight is 266 g/mol. The number of nitrogens with two attached hydrogens (primary N) is 1. The predicted octanol–water partition coefficient (Wildman–Crippen LogP) is 4.19. The van der Waals surface area contributed by atoms with E-state index < -0.39 is 0 Å². The monoisotopic (exact) mass is 266 g/mol. The van der Waals surface area contributed by atoms with Crippen LogP contribution in [-0.2, 0) is 6.42 Å². The first kappa shape index (κ1) is 12.6. The zero-order valence-electron chi connectivity index (χ0n) is 11.2. The molecule has 0 radical (unpaired) electrons. The molecule has 0 atom stereocenters. The minimum atomic E-state index is -0.255. The number of hydrogen-bond donors (Lipinski definition) is 1. The highest BCUT2D eigenvalue weighted by molar-refractivity contribution is 5.89. The number of rotatable bonds is 2. The van der Waals surface area contributed by atoms with Crippen LogP contribution in [-0.4, -0.2) is 4.98 Å². The normalized spacial score (nSPS) is 10.9. The Morgan fingerprint density at radius 3 is 2.50 bits per heavy atom. The number of hydrogen-bond acceptors (Lipinski definition) is 2. The van der Waals surface area contributed by atoms with E-state index in [1.807, 2.05) is 12.1 Å². The van der Waals surface area contributed by atoms with E-state index in [2.05, 4.69) is 24.0 Å². The summed E-state index contributed by atoms with van der Waals surface area (Å²) in [4.78, 5) is 4.43. The largest absolute Gasteiger partial charge is 0.383 e. The Labute approximate surface area is 117 Å². The number of anilines is 1. The van der Waals surface area contributed by atoms with Gasteiger partial charge in [0.05, 0.1) is 5.52 Å². The first-order chi connectivity index (χ1) is 9.67. The average Bonchev–Trinajstić information content (AvgIpc) is 2.47. The fraction of sp³-hybridized carbons (Fsp3) is 0.118. The summed E-state index contributed by atoms with van der Waals surface area (Å²) in [5.41, 5.74) is 9.87. The zero-order chi connectivity index (χ0) is 14.1. The molecule has 2 nitrogen and oxygen atoms in total. The molecule has 0 fully saturated rings. The molecule has 0 aliphatic carbocycles. The van der Waals surface area contributed by atoms with Gasteiger partial charge < -0.3 is 5.73 Å². The molecule has 3 aromatic rings. The lowest BCUT2D eigenvalue weighted by Crippen LogP contribution is -1.95. The van der Waals surface area contributed by atoms with Crippen molar-refractivity contribution in [2.45, 2.75) is 13.3 Å². The van der Waals surface area contributed by atoms with Crippen LogP contribution in [0.1, 0.15) is 12.5 Å². The maximum Gasteiger partial charge on any atom is 0.131 e. The summed E-state index contributed by atoms with van der Waals surface area (Å²) >= 11 is 0. The van der Waals surface area contributed by atoms with Gasteiger partial charge in [0.15, 0.2) is 0 Å². The van der Waals surface area contributed by atoms with Crippen molar-refractivity contribution in [1.82, 2.24) is 4.98 Å². The Bertz CT molecular complexity index is 764. The van der Waals surface area contributed by atoms with E-state index in [0.29, 0.717) is 5.82 Å². The molecule has 0 aliphatic heterocycles. The van der Waals surface area contributed by atoms with Crippen molar-refractivity contribution >= 4 is 16.7 Å². The molecule has 100 valence electrons. The Balaban J connectivity index is 2.19. The van der Waals surface area contributed by atoms with Gasteiger partial charge in [0.25, 0.3) is 0 Å². The fourth-order valence-corrected chi connectivity index (χ4v) is 2.32.